The lowest BCUT2D eigenvalue weighted by Gasteiger charge is -2.26. The van der Waals surface area contributed by atoms with Gasteiger partial charge in [-0.2, -0.15) is 0 Å². The molecule has 1 aromatic carbocycles. The summed E-state index contributed by atoms with van der Waals surface area (Å²) < 4.78 is 33.4. The van der Waals surface area contributed by atoms with E-state index in [-0.39, 0.29) is 6.61 Å². The molecule has 0 aliphatic rings. The van der Waals surface area contributed by atoms with E-state index in [1.54, 1.807) is 30.3 Å². The normalized spacial score (nSPS) is 14.3. The molecule has 1 aromatic rings. The van der Waals surface area contributed by atoms with Crippen molar-refractivity contribution in [2.75, 3.05) is 20.3 Å². The van der Waals surface area contributed by atoms with Crippen LogP contribution in [0.25, 0.3) is 0 Å². The van der Waals surface area contributed by atoms with Crippen molar-refractivity contribution in [3.05, 3.63) is 35.9 Å². The molecule has 0 amide bonds. The molecule has 0 aromatic heterocycles. The molecule has 0 fully saturated rings. The molecule has 0 heterocycles. The van der Waals surface area contributed by atoms with Crippen molar-refractivity contribution < 1.29 is 23.0 Å². The van der Waals surface area contributed by atoms with Crippen LogP contribution in [0.4, 0.5) is 8.78 Å². The van der Waals surface area contributed by atoms with Crippen LogP contribution in [-0.2, 0) is 19.8 Å². The first kappa shape index (κ1) is 14.5. The summed E-state index contributed by atoms with van der Waals surface area (Å²) in [5.74, 6) is -0.733. The Bertz CT molecular complexity index is 386. The van der Waals surface area contributed by atoms with Crippen LogP contribution in [0.1, 0.15) is 5.56 Å². The van der Waals surface area contributed by atoms with Gasteiger partial charge in [0.2, 0.25) is 0 Å². The third-order valence-electron chi connectivity index (χ3n) is 2.41. The lowest BCUT2D eigenvalue weighted by Crippen LogP contribution is -2.49. The summed E-state index contributed by atoms with van der Waals surface area (Å²) >= 11 is 0. The molecule has 1 rings (SSSR count). The van der Waals surface area contributed by atoms with E-state index >= 15 is 0 Å². The monoisotopic (exact) mass is 259 g/mol. The summed E-state index contributed by atoms with van der Waals surface area (Å²) in [4.78, 5) is 11.7. The largest absolute Gasteiger partial charge is 0.467 e. The minimum absolute atomic E-state index is 0.367. The summed E-state index contributed by atoms with van der Waals surface area (Å²) in [6, 6.07) is 8.35. The van der Waals surface area contributed by atoms with E-state index in [4.69, 9.17) is 10.5 Å². The highest BCUT2D eigenvalue weighted by Gasteiger charge is 2.37. The number of nitrogens with two attached hydrogens (primary N) is 1. The van der Waals surface area contributed by atoms with Gasteiger partial charge in [0.25, 0.3) is 6.43 Å². The first-order valence-corrected chi connectivity index (χ1v) is 5.29. The molecular formula is C12H15F2NO3. The number of hydrogen-bond acceptors (Lipinski definition) is 4. The van der Waals surface area contributed by atoms with Crippen LogP contribution in [0.3, 0.4) is 0 Å². The number of methoxy groups -OCH3 is 1. The molecule has 0 spiro atoms. The molecule has 18 heavy (non-hydrogen) atoms. The summed E-state index contributed by atoms with van der Waals surface area (Å²) in [7, 11) is 1.18. The van der Waals surface area contributed by atoms with Crippen molar-refractivity contribution in [2.24, 2.45) is 5.73 Å². The number of ether oxygens (including phenoxy) is 2. The number of carbonyl (C=O) groups excluding carboxylic acids is 1. The van der Waals surface area contributed by atoms with Crippen molar-refractivity contribution in [1.82, 2.24) is 0 Å². The first-order chi connectivity index (χ1) is 8.50. The van der Waals surface area contributed by atoms with Crippen LogP contribution in [0.15, 0.2) is 30.3 Å². The smallest absolute Gasteiger partial charge is 0.332 e. The highest BCUT2D eigenvalue weighted by atomic mass is 19.3. The van der Waals surface area contributed by atoms with Crippen molar-refractivity contribution in [3.8, 4) is 0 Å². The molecule has 0 radical (unpaired) electrons. The SMILES string of the molecule is COC(=O)C(N)(COCC(F)F)c1ccccc1. The van der Waals surface area contributed by atoms with E-state index < -0.39 is 24.5 Å². The van der Waals surface area contributed by atoms with Crippen LogP contribution < -0.4 is 5.73 Å². The number of halogens is 2. The molecule has 2 N–H and O–H groups in total. The highest BCUT2D eigenvalue weighted by molar-refractivity contribution is 5.82. The van der Waals surface area contributed by atoms with Gasteiger partial charge in [-0.1, -0.05) is 30.3 Å². The topological polar surface area (TPSA) is 61.5 Å². The second-order valence-electron chi connectivity index (χ2n) is 3.74. The Labute approximate surface area is 104 Å². The van der Waals surface area contributed by atoms with Gasteiger partial charge in [-0.15, -0.1) is 0 Å². The molecule has 0 bridgehead atoms. The molecule has 0 aliphatic heterocycles. The summed E-state index contributed by atoms with van der Waals surface area (Å²) in [5.41, 5.74) is 4.79. The van der Waals surface area contributed by atoms with Gasteiger partial charge in [0.1, 0.15) is 6.61 Å². The number of carbonyl (C=O) groups is 1. The van der Waals surface area contributed by atoms with Crippen molar-refractivity contribution in [2.45, 2.75) is 12.0 Å². The molecular weight excluding hydrogens is 244 g/mol. The van der Waals surface area contributed by atoms with Gasteiger partial charge in [0.15, 0.2) is 5.54 Å². The molecule has 1 atom stereocenters. The minimum atomic E-state index is -2.61. The average Bonchev–Trinajstić information content (AvgIpc) is 2.38. The van der Waals surface area contributed by atoms with Crippen molar-refractivity contribution in [3.63, 3.8) is 0 Å². The van der Waals surface area contributed by atoms with Gasteiger partial charge >= 0.3 is 5.97 Å². The summed E-state index contributed by atoms with van der Waals surface area (Å²) in [5, 5.41) is 0. The number of alkyl halides is 2. The Morgan fingerprint density at radius 3 is 2.50 bits per heavy atom. The quantitative estimate of drug-likeness (QED) is 0.782. The number of esters is 1. The average molecular weight is 259 g/mol. The molecule has 4 nitrogen and oxygen atoms in total. The standard InChI is InChI=1S/C12H15F2NO3/c1-17-11(16)12(15,8-18-7-10(13)14)9-5-3-2-4-6-9/h2-6,10H,7-8,15H2,1H3. The maximum Gasteiger partial charge on any atom is 0.332 e. The second-order valence-corrected chi connectivity index (χ2v) is 3.74. The zero-order chi connectivity index (χ0) is 13.6. The van der Waals surface area contributed by atoms with E-state index in [9.17, 15) is 13.6 Å². The van der Waals surface area contributed by atoms with Gasteiger partial charge in [-0.05, 0) is 5.56 Å². The minimum Gasteiger partial charge on any atom is -0.467 e. The second kappa shape index (κ2) is 6.42. The van der Waals surface area contributed by atoms with E-state index in [0.717, 1.165) is 0 Å². The lowest BCUT2D eigenvalue weighted by molar-refractivity contribution is -0.151. The van der Waals surface area contributed by atoms with Gasteiger partial charge in [0.05, 0.1) is 13.7 Å². The van der Waals surface area contributed by atoms with Crippen molar-refractivity contribution >= 4 is 5.97 Å². The molecule has 100 valence electrons. The number of rotatable bonds is 6. The van der Waals surface area contributed by atoms with Gasteiger partial charge < -0.3 is 15.2 Å². The fraction of sp³-hybridized carbons (Fsp3) is 0.417. The Morgan fingerprint density at radius 1 is 1.39 bits per heavy atom. The number of hydrogen-bond donors (Lipinski definition) is 1. The Hall–Kier alpha value is -1.53. The highest BCUT2D eigenvalue weighted by Crippen LogP contribution is 2.20. The Kier molecular flexibility index (Phi) is 5.18. The van der Waals surface area contributed by atoms with E-state index in [0.29, 0.717) is 5.56 Å². The fourth-order valence-electron chi connectivity index (χ4n) is 1.49. The zero-order valence-electron chi connectivity index (χ0n) is 9.94. The van der Waals surface area contributed by atoms with Crippen LogP contribution in [0.2, 0.25) is 0 Å². The lowest BCUT2D eigenvalue weighted by atomic mass is 9.92. The van der Waals surface area contributed by atoms with Crippen LogP contribution in [0.5, 0.6) is 0 Å². The van der Waals surface area contributed by atoms with Crippen molar-refractivity contribution in [1.29, 1.82) is 0 Å². The maximum absolute atomic E-state index is 12.0. The van der Waals surface area contributed by atoms with Gasteiger partial charge in [0, 0.05) is 0 Å². The molecule has 1 unspecified atom stereocenters. The Balaban J connectivity index is 2.86. The molecule has 6 heteroatoms. The fourth-order valence-corrected chi connectivity index (χ4v) is 1.49. The van der Waals surface area contributed by atoms with Crippen LogP contribution in [0, 0.1) is 0 Å². The maximum atomic E-state index is 12.0. The third kappa shape index (κ3) is 3.48. The van der Waals surface area contributed by atoms with E-state index in [1.165, 1.54) is 7.11 Å². The van der Waals surface area contributed by atoms with Crippen LogP contribution in [-0.4, -0.2) is 32.7 Å². The molecule has 0 aliphatic carbocycles. The van der Waals surface area contributed by atoms with Gasteiger partial charge in [-0.3, -0.25) is 0 Å². The van der Waals surface area contributed by atoms with E-state index in [1.807, 2.05) is 0 Å². The predicted molar refractivity (Wildman–Crippen MR) is 61.1 cm³/mol. The predicted octanol–water partition coefficient (Wildman–Crippen LogP) is 1.30. The Morgan fingerprint density at radius 2 is 2.00 bits per heavy atom. The van der Waals surface area contributed by atoms with E-state index in [2.05, 4.69) is 4.74 Å². The zero-order valence-corrected chi connectivity index (χ0v) is 9.94. The first-order valence-electron chi connectivity index (χ1n) is 5.29. The summed E-state index contributed by atoms with van der Waals surface area (Å²) in [6.45, 7) is -1.14. The van der Waals surface area contributed by atoms with Gasteiger partial charge in [-0.25, -0.2) is 13.6 Å². The summed E-state index contributed by atoms with van der Waals surface area (Å²) in [6.07, 6.45) is -2.61. The molecule has 0 saturated heterocycles. The molecule has 0 saturated carbocycles. The van der Waals surface area contributed by atoms with Crippen LogP contribution >= 0.6 is 0 Å². The number of benzene rings is 1. The third-order valence-corrected chi connectivity index (χ3v) is 2.41.